The number of carbonyl (C=O) groups is 2. The van der Waals surface area contributed by atoms with E-state index in [0.717, 1.165) is 0 Å². The number of rotatable bonds is 3. The van der Waals surface area contributed by atoms with Crippen molar-refractivity contribution in [1.29, 1.82) is 0 Å². The third-order valence-corrected chi connectivity index (χ3v) is 3.40. The molecule has 0 radical (unpaired) electrons. The summed E-state index contributed by atoms with van der Waals surface area (Å²) >= 11 is 5.89. The minimum Gasteiger partial charge on any atom is -0.392 e. The number of hydrogen-bond donors (Lipinski definition) is 2. The lowest BCUT2D eigenvalue weighted by molar-refractivity contribution is -0.132. The van der Waals surface area contributed by atoms with Crippen LogP contribution in [-0.2, 0) is 16.2 Å². The standard InChI is InChI=1S/C13H15ClN2O3/c1-2-10-13(19)15-12(18)6-16(10)11-4-3-9(14)5-8(11)7-17/h3-5,10,17H,2,6-7H2,1H3,(H,15,18,19). The molecule has 0 aliphatic carbocycles. The van der Waals surface area contributed by atoms with Crippen molar-refractivity contribution in [3.8, 4) is 0 Å². The lowest BCUT2D eigenvalue weighted by Gasteiger charge is -2.36. The van der Waals surface area contributed by atoms with E-state index in [1.165, 1.54) is 0 Å². The smallest absolute Gasteiger partial charge is 0.249 e. The van der Waals surface area contributed by atoms with E-state index in [-0.39, 0.29) is 25.0 Å². The van der Waals surface area contributed by atoms with Gasteiger partial charge in [-0.25, -0.2) is 0 Å². The van der Waals surface area contributed by atoms with Crippen molar-refractivity contribution >= 4 is 29.1 Å². The molecule has 1 fully saturated rings. The van der Waals surface area contributed by atoms with E-state index in [4.69, 9.17) is 11.6 Å². The van der Waals surface area contributed by atoms with Gasteiger partial charge in [0.05, 0.1) is 13.2 Å². The van der Waals surface area contributed by atoms with Crippen LogP contribution in [0.4, 0.5) is 5.69 Å². The van der Waals surface area contributed by atoms with E-state index in [2.05, 4.69) is 5.32 Å². The maximum Gasteiger partial charge on any atom is 0.249 e. The molecule has 6 heteroatoms. The second-order valence-corrected chi connectivity index (χ2v) is 4.83. The van der Waals surface area contributed by atoms with Gasteiger partial charge in [-0.15, -0.1) is 0 Å². The Hall–Kier alpha value is -1.59. The lowest BCUT2D eigenvalue weighted by atomic mass is 10.1. The first-order chi connectivity index (χ1) is 9.06. The Morgan fingerprint density at radius 3 is 2.84 bits per heavy atom. The summed E-state index contributed by atoms with van der Waals surface area (Å²) in [7, 11) is 0. The van der Waals surface area contributed by atoms with E-state index < -0.39 is 6.04 Å². The highest BCUT2D eigenvalue weighted by molar-refractivity contribution is 6.30. The van der Waals surface area contributed by atoms with Crippen LogP contribution in [0.5, 0.6) is 0 Å². The molecule has 0 bridgehead atoms. The van der Waals surface area contributed by atoms with Crippen LogP contribution < -0.4 is 10.2 Å². The molecule has 1 aromatic carbocycles. The number of amides is 2. The van der Waals surface area contributed by atoms with Gasteiger partial charge in [-0.3, -0.25) is 14.9 Å². The van der Waals surface area contributed by atoms with Crippen molar-refractivity contribution in [1.82, 2.24) is 5.32 Å². The molecule has 1 aromatic rings. The van der Waals surface area contributed by atoms with Crippen LogP contribution in [0.25, 0.3) is 0 Å². The molecule has 2 amide bonds. The van der Waals surface area contributed by atoms with E-state index in [1.54, 1.807) is 23.1 Å². The predicted octanol–water partition coefficient (Wildman–Crippen LogP) is 1.07. The molecule has 0 aromatic heterocycles. The molecule has 1 aliphatic heterocycles. The van der Waals surface area contributed by atoms with Crippen LogP contribution in [0, 0.1) is 0 Å². The third kappa shape index (κ3) is 2.72. The Bertz CT molecular complexity index is 519. The summed E-state index contributed by atoms with van der Waals surface area (Å²) in [6.45, 7) is 1.78. The van der Waals surface area contributed by atoms with E-state index in [9.17, 15) is 14.7 Å². The number of anilines is 1. The molecular formula is C13H15ClN2O3. The molecule has 1 unspecified atom stereocenters. The summed E-state index contributed by atoms with van der Waals surface area (Å²) in [5, 5.41) is 12.2. The Labute approximate surface area is 116 Å². The van der Waals surface area contributed by atoms with Gasteiger partial charge in [0, 0.05) is 16.3 Å². The van der Waals surface area contributed by atoms with Crippen molar-refractivity contribution in [3.63, 3.8) is 0 Å². The predicted molar refractivity (Wildman–Crippen MR) is 71.9 cm³/mol. The molecule has 5 nitrogen and oxygen atoms in total. The van der Waals surface area contributed by atoms with Crippen LogP contribution in [0.3, 0.4) is 0 Å². The molecule has 0 spiro atoms. The molecule has 0 saturated carbocycles. The number of hydrogen-bond acceptors (Lipinski definition) is 4. The summed E-state index contributed by atoms with van der Waals surface area (Å²) < 4.78 is 0. The Morgan fingerprint density at radius 2 is 2.21 bits per heavy atom. The molecule has 2 N–H and O–H groups in total. The molecule has 102 valence electrons. The van der Waals surface area contributed by atoms with Gasteiger partial charge in [-0.1, -0.05) is 18.5 Å². The highest BCUT2D eigenvalue weighted by Crippen LogP contribution is 2.28. The van der Waals surface area contributed by atoms with Crippen molar-refractivity contribution in [2.24, 2.45) is 0 Å². The fourth-order valence-corrected chi connectivity index (χ4v) is 2.48. The zero-order valence-electron chi connectivity index (χ0n) is 10.5. The normalized spacial score (nSPS) is 19.5. The summed E-state index contributed by atoms with van der Waals surface area (Å²) in [5.74, 6) is -0.647. The average molecular weight is 283 g/mol. The zero-order valence-corrected chi connectivity index (χ0v) is 11.3. The van der Waals surface area contributed by atoms with E-state index in [0.29, 0.717) is 22.7 Å². The quantitative estimate of drug-likeness (QED) is 0.814. The number of nitrogens with zero attached hydrogens (tertiary/aromatic N) is 1. The zero-order chi connectivity index (χ0) is 14.0. The molecule has 1 heterocycles. The maximum absolute atomic E-state index is 11.8. The van der Waals surface area contributed by atoms with Gasteiger partial charge in [-0.2, -0.15) is 0 Å². The maximum atomic E-state index is 11.8. The Balaban J connectivity index is 2.42. The Kier molecular flexibility index (Phi) is 4.07. The number of halogens is 1. The van der Waals surface area contributed by atoms with Gasteiger partial charge in [0.15, 0.2) is 0 Å². The first-order valence-corrected chi connectivity index (χ1v) is 6.44. The summed E-state index contributed by atoms with van der Waals surface area (Å²) in [5.41, 5.74) is 1.27. The molecule has 1 aliphatic rings. The summed E-state index contributed by atoms with van der Waals surface area (Å²) in [4.78, 5) is 25.1. The van der Waals surface area contributed by atoms with Gasteiger partial charge in [0.1, 0.15) is 6.04 Å². The minimum atomic E-state index is -0.413. The number of nitrogens with one attached hydrogen (secondary N) is 1. The number of imide groups is 1. The van der Waals surface area contributed by atoms with E-state index in [1.807, 2.05) is 6.92 Å². The number of aliphatic hydroxyl groups is 1. The molecular weight excluding hydrogens is 268 g/mol. The molecule has 1 saturated heterocycles. The molecule has 1 atom stereocenters. The van der Waals surface area contributed by atoms with Crippen molar-refractivity contribution < 1.29 is 14.7 Å². The SMILES string of the molecule is CCC1C(=O)NC(=O)CN1c1ccc(Cl)cc1CO. The highest BCUT2D eigenvalue weighted by atomic mass is 35.5. The van der Waals surface area contributed by atoms with Crippen LogP contribution in [-0.4, -0.2) is 29.5 Å². The fourth-order valence-electron chi connectivity index (χ4n) is 2.29. The van der Waals surface area contributed by atoms with Gasteiger partial charge >= 0.3 is 0 Å². The molecule has 19 heavy (non-hydrogen) atoms. The number of piperazine rings is 1. The topological polar surface area (TPSA) is 69.6 Å². The van der Waals surface area contributed by atoms with E-state index >= 15 is 0 Å². The fraction of sp³-hybridized carbons (Fsp3) is 0.385. The third-order valence-electron chi connectivity index (χ3n) is 3.16. The average Bonchev–Trinajstić information content (AvgIpc) is 2.37. The van der Waals surface area contributed by atoms with Crippen LogP contribution in [0.15, 0.2) is 18.2 Å². The largest absolute Gasteiger partial charge is 0.392 e. The number of carbonyl (C=O) groups excluding carboxylic acids is 2. The first-order valence-electron chi connectivity index (χ1n) is 6.06. The van der Waals surface area contributed by atoms with Crippen LogP contribution >= 0.6 is 11.6 Å². The van der Waals surface area contributed by atoms with Gasteiger partial charge in [0.2, 0.25) is 11.8 Å². The number of aliphatic hydroxyl groups excluding tert-OH is 1. The lowest BCUT2D eigenvalue weighted by Crippen LogP contribution is -2.58. The second-order valence-electron chi connectivity index (χ2n) is 4.40. The van der Waals surface area contributed by atoms with Crippen molar-refractivity contribution in [3.05, 3.63) is 28.8 Å². The number of benzene rings is 1. The molecule has 2 rings (SSSR count). The van der Waals surface area contributed by atoms with Gasteiger partial charge in [0.25, 0.3) is 0 Å². The minimum absolute atomic E-state index is 0.0961. The van der Waals surface area contributed by atoms with Crippen LogP contribution in [0.2, 0.25) is 5.02 Å². The van der Waals surface area contributed by atoms with Gasteiger partial charge in [-0.05, 0) is 24.6 Å². The first kappa shape index (κ1) is 13.8. The van der Waals surface area contributed by atoms with Crippen molar-refractivity contribution in [2.45, 2.75) is 26.0 Å². The van der Waals surface area contributed by atoms with Crippen LogP contribution in [0.1, 0.15) is 18.9 Å². The Morgan fingerprint density at radius 1 is 1.47 bits per heavy atom. The van der Waals surface area contributed by atoms with Crippen molar-refractivity contribution in [2.75, 3.05) is 11.4 Å². The summed E-state index contributed by atoms with van der Waals surface area (Å²) in [6.07, 6.45) is 0.576. The second kappa shape index (κ2) is 5.59. The summed E-state index contributed by atoms with van der Waals surface area (Å²) in [6, 6.07) is 4.63. The highest BCUT2D eigenvalue weighted by Gasteiger charge is 2.33. The monoisotopic (exact) mass is 282 g/mol. The van der Waals surface area contributed by atoms with Gasteiger partial charge < -0.3 is 10.0 Å².